The molecular weight excluding hydrogens is 416 g/mol. The maximum absolute atomic E-state index is 12.5. The number of amides is 3. The number of carbonyl (C=O) groups excluding carboxylic acids is 3. The summed E-state index contributed by atoms with van der Waals surface area (Å²) in [6.07, 6.45) is 5.23. The summed E-state index contributed by atoms with van der Waals surface area (Å²) in [4.78, 5) is 45.7. The molecule has 162 valence electrons. The molecule has 2 saturated heterocycles. The number of allylic oxidation sites excluding steroid dienone is 2. The Bertz CT molecular complexity index is 1030. The summed E-state index contributed by atoms with van der Waals surface area (Å²) in [6, 6.07) is 5.65. The van der Waals surface area contributed by atoms with Crippen LogP contribution in [0.1, 0.15) is 19.3 Å². The van der Waals surface area contributed by atoms with Crippen molar-refractivity contribution in [1.82, 2.24) is 9.88 Å². The van der Waals surface area contributed by atoms with Crippen molar-refractivity contribution in [2.24, 2.45) is 11.8 Å². The first-order valence-electron chi connectivity index (χ1n) is 10.6. The lowest BCUT2D eigenvalue weighted by Gasteiger charge is -2.25. The van der Waals surface area contributed by atoms with Crippen LogP contribution in [0.25, 0.3) is 10.2 Å². The predicted octanol–water partition coefficient (Wildman–Crippen LogP) is 2.41. The normalized spacial score (nSPS) is 23.5. The summed E-state index contributed by atoms with van der Waals surface area (Å²) in [6.45, 7) is 3.19. The molecule has 31 heavy (non-hydrogen) atoms. The summed E-state index contributed by atoms with van der Waals surface area (Å²) in [7, 11) is 0. The lowest BCUT2D eigenvalue weighted by atomic mass is 9.85. The molecule has 2 fully saturated rings. The molecule has 1 N–H and O–H groups in total. The standard InChI is InChI=1S/C22H24N4O4S/c27-19(7-8-26-20(28)15-3-1-2-4-16(15)21(26)29)23-14-5-6-17-18(13-14)31-22(24-17)25-9-11-30-12-10-25/h1-2,5-6,13,15-16H,3-4,7-12H2,(H,23,27). The van der Waals surface area contributed by atoms with Crippen LogP contribution >= 0.6 is 11.3 Å². The van der Waals surface area contributed by atoms with Crippen LogP contribution in [-0.4, -0.2) is 60.5 Å². The van der Waals surface area contributed by atoms with Crippen molar-refractivity contribution in [3.05, 3.63) is 30.4 Å². The number of hydrogen-bond donors (Lipinski definition) is 1. The van der Waals surface area contributed by atoms with E-state index in [4.69, 9.17) is 4.74 Å². The number of nitrogens with one attached hydrogen (secondary N) is 1. The first kappa shape index (κ1) is 20.1. The van der Waals surface area contributed by atoms with E-state index in [1.54, 1.807) is 11.3 Å². The van der Waals surface area contributed by atoms with Crippen LogP contribution in [0.5, 0.6) is 0 Å². The smallest absolute Gasteiger partial charge is 0.233 e. The average molecular weight is 441 g/mol. The lowest BCUT2D eigenvalue weighted by molar-refractivity contribution is -0.140. The summed E-state index contributed by atoms with van der Waals surface area (Å²) in [5, 5.41) is 3.85. The molecule has 2 atom stereocenters. The van der Waals surface area contributed by atoms with E-state index in [0.717, 1.165) is 28.4 Å². The average Bonchev–Trinajstić information content (AvgIpc) is 3.32. The van der Waals surface area contributed by atoms with Crippen LogP contribution in [0.2, 0.25) is 0 Å². The van der Waals surface area contributed by atoms with E-state index >= 15 is 0 Å². The van der Waals surface area contributed by atoms with Gasteiger partial charge in [-0.1, -0.05) is 23.5 Å². The maximum Gasteiger partial charge on any atom is 0.233 e. The van der Waals surface area contributed by atoms with Crippen molar-refractivity contribution in [2.45, 2.75) is 19.3 Å². The summed E-state index contributed by atoms with van der Waals surface area (Å²) in [5.74, 6) is -1.02. The van der Waals surface area contributed by atoms with Gasteiger partial charge in [-0.05, 0) is 31.0 Å². The Hall–Kier alpha value is -2.78. The van der Waals surface area contributed by atoms with Crippen LogP contribution in [0.3, 0.4) is 0 Å². The van der Waals surface area contributed by atoms with Gasteiger partial charge in [0.1, 0.15) is 0 Å². The van der Waals surface area contributed by atoms with Crippen molar-refractivity contribution in [1.29, 1.82) is 0 Å². The molecule has 0 bridgehead atoms. The highest BCUT2D eigenvalue weighted by molar-refractivity contribution is 7.22. The number of thiazole rings is 1. The zero-order chi connectivity index (χ0) is 21.4. The third kappa shape index (κ3) is 3.95. The molecule has 2 aliphatic heterocycles. The lowest BCUT2D eigenvalue weighted by Crippen LogP contribution is -2.36. The number of aromatic nitrogens is 1. The van der Waals surface area contributed by atoms with Crippen molar-refractivity contribution in [3.8, 4) is 0 Å². The number of imide groups is 1. The number of rotatable bonds is 5. The predicted molar refractivity (Wildman–Crippen MR) is 118 cm³/mol. The minimum Gasteiger partial charge on any atom is -0.378 e. The van der Waals surface area contributed by atoms with E-state index < -0.39 is 0 Å². The molecule has 3 heterocycles. The number of benzene rings is 1. The largest absolute Gasteiger partial charge is 0.378 e. The van der Waals surface area contributed by atoms with Crippen LogP contribution in [0, 0.1) is 11.8 Å². The Morgan fingerprint density at radius 3 is 2.55 bits per heavy atom. The van der Waals surface area contributed by atoms with Gasteiger partial charge in [0.15, 0.2) is 5.13 Å². The van der Waals surface area contributed by atoms with Crippen molar-refractivity contribution < 1.29 is 19.1 Å². The number of anilines is 2. The third-order valence-electron chi connectivity index (χ3n) is 6.10. The Morgan fingerprint density at radius 1 is 1.13 bits per heavy atom. The van der Waals surface area contributed by atoms with Gasteiger partial charge in [0.05, 0.1) is 35.3 Å². The van der Waals surface area contributed by atoms with Crippen LogP contribution in [0.4, 0.5) is 10.8 Å². The molecule has 8 nitrogen and oxygen atoms in total. The fourth-order valence-electron chi connectivity index (χ4n) is 4.41. The van der Waals surface area contributed by atoms with Crippen molar-refractivity contribution in [2.75, 3.05) is 43.1 Å². The number of fused-ring (bicyclic) bond motifs is 2. The van der Waals surface area contributed by atoms with Gasteiger partial charge in [-0.25, -0.2) is 4.98 Å². The molecule has 9 heteroatoms. The van der Waals surface area contributed by atoms with E-state index in [0.29, 0.717) is 31.7 Å². The van der Waals surface area contributed by atoms with Crippen molar-refractivity contribution >= 4 is 50.1 Å². The fraction of sp³-hybridized carbons (Fsp3) is 0.455. The van der Waals surface area contributed by atoms with Gasteiger partial charge in [-0.3, -0.25) is 19.3 Å². The molecule has 2 unspecified atom stereocenters. The Labute approximate surface area is 183 Å². The fourth-order valence-corrected chi connectivity index (χ4v) is 5.46. The Morgan fingerprint density at radius 2 is 1.84 bits per heavy atom. The topological polar surface area (TPSA) is 91.8 Å². The number of nitrogens with zero attached hydrogens (tertiary/aromatic N) is 3. The van der Waals surface area contributed by atoms with Gasteiger partial charge in [0.25, 0.3) is 0 Å². The number of carbonyl (C=O) groups is 3. The first-order chi connectivity index (χ1) is 15.1. The molecule has 0 saturated carbocycles. The zero-order valence-corrected chi connectivity index (χ0v) is 17.9. The van der Waals surface area contributed by atoms with Gasteiger partial charge in [-0.15, -0.1) is 0 Å². The molecule has 0 spiro atoms. The monoisotopic (exact) mass is 440 g/mol. The maximum atomic E-state index is 12.5. The van der Waals surface area contributed by atoms with Gasteiger partial charge < -0.3 is 15.0 Å². The van der Waals surface area contributed by atoms with Crippen LogP contribution in [0.15, 0.2) is 30.4 Å². The number of ether oxygens (including phenoxy) is 1. The Balaban J connectivity index is 1.20. The molecule has 1 aromatic heterocycles. The van der Waals surface area contributed by atoms with Gasteiger partial charge >= 0.3 is 0 Å². The van der Waals surface area contributed by atoms with E-state index in [2.05, 4.69) is 15.2 Å². The second-order valence-corrected chi connectivity index (χ2v) is 9.07. The molecule has 3 aliphatic rings. The molecule has 0 radical (unpaired) electrons. The quantitative estimate of drug-likeness (QED) is 0.567. The summed E-state index contributed by atoms with van der Waals surface area (Å²) in [5.41, 5.74) is 1.58. The van der Waals surface area contributed by atoms with Gasteiger partial charge in [-0.2, -0.15) is 0 Å². The summed E-state index contributed by atoms with van der Waals surface area (Å²) < 4.78 is 6.40. The molecule has 2 aromatic rings. The first-order valence-corrected chi connectivity index (χ1v) is 11.4. The van der Waals surface area contributed by atoms with Gasteiger partial charge in [0, 0.05) is 31.7 Å². The highest BCUT2D eigenvalue weighted by atomic mass is 32.1. The van der Waals surface area contributed by atoms with E-state index in [1.165, 1.54) is 4.90 Å². The molecular formula is C22H24N4O4S. The van der Waals surface area contributed by atoms with Crippen LogP contribution in [-0.2, 0) is 19.1 Å². The zero-order valence-electron chi connectivity index (χ0n) is 17.1. The molecule has 1 aliphatic carbocycles. The van der Waals surface area contributed by atoms with Gasteiger partial charge in [0.2, 0.25) is 17.7 Å². The minimum absolute atomic E-state index is 0.0874. The van der Waals surface area contributed by atoms with Crippen molar-refractivity contribution in [3.63, 3.8) is 0 Å². The highest BCUT2D eigenvalue weighted by Gasteiger charge is 2.46. The minimum atomic E-state index is -0.255. The molecule has 1 aromatic carbocycles. The number of hydrogen-bond acceptors (Lipinski definition) is 7. The second-order valence-electron chi connectivity index (χ2n) is 8.06. The SMILES string of the molecule is O=C(CCN1C(=O)C2CC=CCC2C1=O)Nc1ccc2nc(N3CCOCC3)sc2c1. The molecule has 5 rings (SSSR count). The molecule has 3 amide bonds. The third-order valence-corrected chi connectivity index (χ3v) is 7.18. The number of morpholine rings is 1. The van der Waals surface area contributed by atoms with E-state index in [9.17, 15) is 14.4 Å². The second kappa shape index (κ2) is 8.39. The van der Waals surface area contributed by atoms with E-state index in [-0.39, 0.29) is 42.5 Å². The Kier molecular flexibility index (Phi) is 5.45. The number of likely N-dealkylation sites (tertiary alicyclic amines) is 1. The summed E-state index contributed by atoms with van der Waals surface area (Å²) >= 11 is 1.60. The highest BCUT2D eigenvalue weighted by Crippen LogP contribution is 2.35. The van der Waals surface area contributed by atoms with Crippen LogP contribution < -0.4 is 10.2 Å². The van der Waals surface area contributed by atoms with E-state index in [1.807, 2.05) is 30.4 Å².